The normalized spacial score (nSPS) is 23.1. The monoisotopic (exact) mass is 426 g/mol. The second-order valence-corrected chi connectivity index (χ2v) is 7.90. The number of nitrogens with one attached hydrogen (secondary N) is 2. The highest BCUT2D eigenvalue weighted by molar-refractivity contribution is 9.13. The van der Waals surface area contributed by atoms with Crippen molar-refractivity contribution in [1.82, 2.24) is 10.3 Å². The number of carboxylic acids is 1. The molecule has 1 aliphatic heterocycles. The Morgan fingerprint density at radius 3 is 2.73 bits per heavy atom. The minimum absolute atomic E-state index is 0.124. The van der Waals surface area contributed by atoms with Crippen LogP contribution in [0.1, 0.15) is 36.6 Å². The molecule has 1 atom stereocenters. The van der Waals surface area contributed by atoms with Gasteiger partial charge >= 0.3 is 5.97 Å². The van der Waals surface area contributed by atoms with Gasteiger partial charge in [-0.3, -0.25) is 4.79 Å². The van der Waals surface area contributed by atoms with Gasteiger partial charge in [0.2, 0.25) is 0 Å². The summed E-state index contributed by atoms with van der Waals surface area (Å²) in [5.41, 5.74) is 2.72. The van der Waals surface area contributed by atoms with E-state index in [1.54, 1.807) is 0 Å². The lowest BCUT2D eigenvalue weighted by Crippen LogP contribution is -2.50. The predicted octanol–water partition coefficient (Wildman–Crippen LogP) is 4.13. The molecule has 1 unspecified atom stereocenters. The number of halogens is 2. The van der Waals surface area contributed by atoms with Gasteiger partial charge in [0.15, 0.2) is 0 Å². The van der Waals surface area contributed by atoms with Crippen LogP contribution in [0.25, 0.3) is 10.9 Å². The summed E-state index contributed by atoms with van der Waals surface area (Å²) in [5.74, 6) is -0.678. The molecule has 6 heteroatoms. The van der Waals surface area contributed by atoms with Gasteiger partial charge in [-0.15, -0.1) is 0 Å². The Bertz CT molecular complexity index is 780. The van der Waals surface area contributed by atoms with Crippen molar-refractivity contribution in [3.8, 4) is 0 Å². The van der Waals surface area contributed by atoms with E-state index >= 15 is 0 Å². The Balaban J connectivity index is 1.92. The van der Waals surface area contributed by atoms with Gasteiger partial charge in [-0.1, -0.05) is 6.42 Å². The van der Waals surface area contributed by atoms with Crippen LogP contribution in [0.4, 0.5) is 0 Å². The molecule has 2 aliphatic rings. The molecule has 1 fully saturated rings. The second-order valence-electron chi connectivity index (χ2n) is 6.25. The van der Waals surface area contributed by atoms with Crippen molar-refractivity contribution in [1.29, 1.82) is 0 Å². The minimum Gasteiger partial charge on any atom is -0.481 e. The number of aromatic amines is 1. The minimum atomic E-state index is -0.678. The molecule has 0 amide bonds. The molecule has 22 heavy (non-hydrogen) atoms. The van der Waals surface area contributed by atoms with Crippen molar-refractivity contribution in [3.05, 3.63) is 32.3 Å². The first-order chi connectivity index (χ1) is 10.5. The van der Waals surface area contributed by atoms with Crippen LogP contribution in [0, 0.1) is 5.41 Å². The summed E-state index contributed by atoms with van der Waals surface area (Å²) in [6.07, 6.45) is 3.41. The summed E-state index contributed by atoms with van der Waals surface area (Å²) >= 11 is 7.23. The first-order valence-electron chi connectivity index (χ1n) is 7.50. The molecule has 4 nitrogen and oxygen atoms in total. The first-order valence-corrected chi connectivity index (χ1v) is 9.08. The fourth-order valence-corrected chi connectivity index (χ4v) is 4.83. The number of carbonyl (C=O) groups is 1. The zero-order chi connectivity index (χ0) is 15.5. The summed E-state index contributed by atoms with van der Waals surface area (Å²) in [6.45, 7) is 0.818. The number of carboxylic acid groups (broad SMARTS) is 1. The van der Waals surface area contributed by atoms with E-state index in [2.05, 4.69) is 42.2 Å². The van der Waals surface area contributed by atoms with E-state index < -0.39 is 11.4 Å². The molecule has 0 saturated heterocycles. The highest BCUT2D eigenvalue weighted by Crippen LogP contribution is 2.53. The number of H-pyrrole nitrogens is 1. The van der Waals surface area contributed by atoms with Gasteiger partial charge in [0.05, 0.1) is 11.5 Å². The predicted molar refractivity (Wildman–Crippen MR) is 92.1 cm³/mol. The van der Waals surface area contributed by atoms with E-state index in [1.165, 1.54) is 10.9 Å². The van der Waals surface area contributed by atoms with Crippen molar-refractivity contribution in [3.63, 3.8) is 0 Å². The molecule has 1 aromatic heterocycles. The quantitative estimate of drug-likeness (QED) is 0.674. The van der Waals surface area contributed by atoms with Gasteiger partial charge in [0, 0.05) is 25.5 Å². The van der Waals surface area contributed by atoms with Crippen molar-refractivity contribution >= 4 is 48.7 Å². The number of hydrogen-bond donors (Lipinski definition) is 3. The number of aliphatic carboxylic acids is 1. The lowest BCUT2D eigenvalue weighted by Gasteiger charge is -2.45. The number of benzene rings is 1. The van der Waals surface area contributed by atoms with Crippen molar-refractivity contribution in [2.24, 2.45) is 5.41 Å². The maximum atomic E-state index is 11.9. The Morgan fingerprint density at radius 2 is 2.09 bits per heavy atom. The fourth-order valence-electron chi connectivity index (χ4n) is 3.91. The number of aromatic nitrogens is 1. The second kappa shape index (κ2) is 5.08. The lowest BCUT2D eigenvalue weighted by molar-refractivity contribution is -0.158. The Morgan fingerprint density at radius 1 is 1.32 bits per heavy atom. The van der Waals surface area contributed by atoms with Crippen LogP contribution in [0.5, 0.6) is 0 Å². The summed E-state index contributed by atoms with van der Waals surface area (Å²) in [5, 5.41) is 14.4. The van der Waals surface area contributed by atoms with Crippen LogP contribution in [-0.2, 0) is 11.2 Å². The third-order valence-corrected chi connectivity index (χ3v) is 7.24. The lowest BCUT2D eigenvalue weighted by atomic mass is 9.62. The standard InChI is InChI=1S/C16H16Br2N2O2/c17-9-2-3-10-11(12(9)18)8-4-7-19-14(13(8)20-10)16(15(21)22)5-1-6-16/h2-3,14,19-20H,1,4-7H2,(H,21,22). The average molecular weight is 428 g/mol. The third-order valence-electron chi connectivity index (χ3n) is 5.23. The van der Waals surface area contributed by atoms with E-state index in [1.807, 2.05) is 12.1 Å². The zero-order valence-electron chi connectivity index (χ0n) is 11.9. The molecule has 2 aromatic rings. The highest BCUT2D eigenvalue weighted by Gasteiger charge is 2.53. The van der Waals surface area contributed by atoms with E-state index in [0.29, 0.717) is 0 Å². The van der Waals surface area contributed by atoms with E-state index in [-0.39, 0.29) is 6.04 Å². The number of rotatable bonds is 2. The molecule has 1 aliphatic carbocycles. The van der Waals surface area contributed by atoms with Crippen LogP contribution in [0.2, 0.25) is 0 Å². The summed E-state index contributed by atoms with van der Waals surface area (Å²) < 4.78 is 2.06. The number of hydrogen-bond acceptors (Lipinski definition) is 2. The summed E-state index contributed by atoms with van der Waals surface area (Å²) in [6, 6.07) is 3.93. The largest absolute Gasteiger partial charge is 0.481 e. The smallest absolute Gasteiger partial charge is 0.311 e. The van der Waals surface area contributed by atoms with Gasteiger partial charge < -0.3 is 15.4 Å². The van der Waals surface area contributed by atoms with E-state index in [4.69, 9.17) is 0 Å². The molecular weight excluding hydrogens is 412 g/mol. The molecule has 1 aromatic carbocycles. The Labute approximate surface area is 144 Å². The highest BCUT2D eigenvalue weighted by atomic mass is 79.9. The molecule has 0 bridgehead atoms. The maximum Gasteiger partial charge on any atom is 0.311 e. The molecule has 1 saturated carbocycles. The zero-order valence-corrected chi connectivity index (χ0v) is 15.1. The van der Waals surface area contributed by atoms with Crippen LogP contribution < -0.4 is 5.32 Å². The Kier molecular flexibility index (Phi) is 3.40. The maximum absolute atomic E-state index is 11.9. The van der Waals surface area contributed by atoms with Gasteiger partial charge in [0.25, 0.3) is 0 Å². The van der Waals surface area contributed by atoms with E-state index in [0.717, 1.165) is 52.4 Å². The first kappa shape index (κ1) is 14.7. The van der Waals surface area contributed by atoms with Crippen molar-refractivity contribution in [2.75, 3.05) is 6.54 Å². The summed E-state index contributed by atoms with van der Waals surface area (Å²) in [4.78, 5) is 15.4. The molecule has 116 valence electrons. The van der Waals surface area contributed by atoms with Gasteiger partial charge in [-0.25, -0.2) is 0 Å². The van der Waals surface area contributed by atoms with Crippen LogP contribution in [0.3, 0.4) is 0 Å². The van der Waals surface area contributed by atoms with Gasteiger partial charge in [-0.2, -0.15) is 0 Å². The van der Waals surface area contributed by atoms with Crippen LogP contribution >= 0.6 is 31.9 Å². The Hall–Kier alpha value is -0.850. The van der Waals surface area contributed by atoms with Crippen molar-refractivity contribution in [2.45, 2.75) is 31.7 Å². The van der Waals surface area contributed by atoms with E-state index in [9.17, 15) is 9.90 Å². The van der Waals surface area contributed by atoms with Crippen LogP contribution in [0.15, 0.2) is 21.1 Å². The molecule has 3 N–H and O–H groups in total. The fraction of sp³-hybridized carbons (Fsp3) is 0.438. The topological polar surface area (TPSA) is 65.1 Å². The van der Waals surface area contributed by atoms with Gasteiger partial charge in [0.1, 0.15) is 0 Å². The van der Waals surface area contributed by atoms with Gasteiger partial charge in [-0.05, 0) is 75.4 Å². The van der Waals surface area contributed by atoms with Crippen molar-refractivity contribution < 1.29 is 9.90 Å². The summed E-state index contributed by atoms with van der Waals surface area (Å²) in [7, 11) is 0. The van der Waals surface area contributed by atoms with Crippen LogP contribution in [-0.4, -0.2) is 22.6 Å². The molecule has 0 radical (unpaired) electrons. The number of fused-ring (bicyclic) bond motifs is 3. The molecule has 2 heterocycles. The molecule has 4 rings (SSSR count). The molecular formula is C16H16Br2N2O2. The third kappa shape index (κ3) is 1.87. The SMILES string of the molecule is O=C(O)C1(C2NCCc3c2[nH]c2ccc(Br)c(Br)c32)CCC1. The molecule has 0 spiro atoms. The average Bonchev–Trinajstić information content (AvgIpc) is 2.81.